The van der Waals surface area contributed by atoms with Gasteiger partial charge in [0.15, 0.2) is 17.3 Å². The quantitative estimate of drug-likeness (QED) is 0.480. The highest BCUT2D eigenvalue weighted by molar-refractivity contribution is 14.1. The van der Waals surface area contributed by atoms with Crippen LogP contribution in [0.5, 0.6) is 11.5 Å². The smallest absolute Gasteiger partial charge is 0.205 e. The summed E-state index contributed by atoms with van der Waals surface area (Å²) >= 11 is 2.21. The van der Waals surface area contributed by atoms with E-state index < -0.39 is 5.92 Å². The maximum atomic E-state index is 12.9. The van der Waals surface area contributed by atoms with E-state index in [9.17, 15) is 10.1 Å². The summed E-state index contributed by atoms with van der Waals surface area (Å²) in [5, 5.41) is 9.84. The Bertz CT molecular complexity index is 1190. The number of benzene rings is 2. The van der Waals surface area contributed by atoms with Crippen LogP contribution in [0.2, 0.25) is 0 Å². The first-order valence-corrected chi connectivity index (χ1v) is 12.0. The maximum Gasteiger partial charge on any atom is 0.205 e. The monoisotopic (exact) mass is 556 g/mol. The number of Topliss-reactive ketones (excluding diaryl/α,β-unsaturated/α-hetero) is 1. The van der Waals surface area contributed by atoms with Crippen LogP contribution in [-0.4, -0.2) is 12.4 Å². The van der Waals surface area contributed by atoms with Crippen molar-refractivity contribution in [2.75, 3.05) is 6.61 Å². The number of nitrogens with two attached hydrogens (primary N) is 1. The van der Waals surface area contributed by atoms with E-state index in [0.717, 1.165) is 14.7 Å². The highest BCUT2D eigenvalue weighted by Crippen LogP contribution is 2.46. The van der Waals surface area contributed by atoms with E-state index in [1.807, 2.05) is 50.2 Å². The molecule has 170 valence electrons. The molecule has 0 aromatic heterocycles. The molecule has 0 saturated carbocycles. The molecule has 1 atom stereocenters. The standard InChI is InChI=1S/C26H25IN2O4/c1-3-31-22-12-17(11-19(27)25(22)32-14-16-9-7-15(2)8-10-16)23-18(13-28)26(29)33-21-6-4-5-20(30)24(21)23/h7-12,23H,3-6,14,29H2,1-2H3/t23-/m1/s1. The van der Waals surface area contributed by atoms with E-state index in [1.54, 1.807) is 0 Å². The second-order valence-electron chi connectivity index (χ2n) is 8.08. The minimum Gasteiger partial charge on any atom is -0.490 e. The van der Waals surface area contributed by atoms with E-state index in [2.05, 4.69) is 28.7 Å². The lowest BCUT2D eigenvalue weighted by atomic mass is 9.77. The zero-order valence-electron chi connectivity index (χ0n) is 18.6. The summed E-state index contributed by atoms with van der Waals surface area (Å²) in [5.41, 5.74) is 9.86. The molecule has 7 heteroatoms. The predicted octanol–water partition coefficient (Wildman–Crippen LogP) is 5.39. The number of allylic oxidation sites excluding steroid dienone is 3. The molecule has 0 saturated heterocycles. The van der Waals surface area contributed by atoms with Crippen LogP contribution in [0.4, 0.5) is 0 Å². The molecule has 33 heavy (non-hydrogen) atoms. The molecule has 0 spiro atoms. The third-order valence-electron chi connectivity index (χ3n) is 5.77. The van der Waals surface area contributed by atoms with E-state index in [4.69, 9.17) is 19.9 Å². The SMILES string of the molecule is CCOc1cc([C@@H]2C(C#N)=C(N)OC3=C2C(=O)CCC3)cc(I)c1OCc1ccc(C)cc1. The minimum atomic E-state index is -0.578. The van der Waals surface area contributed by atoms with Gasteiger partial charge in [0.25, 0.3) is 0 Å². The third-order valence-corrected chi connectivity index (χ3v) is 6.58. The van der Waals surface area contributed by atoms with Gasteiger partial charge in [-0.1, -0.05) is 29.8 Å². The van der Waals surface area contributed by atoms with Gasteiger partial charge in [-0.25, -0.2) is 0 Å². The molecule has 1 heterocycles. The first kappa shape index (κ1) is 23.2. The van der Waals surface area contributed by atoms with Crippen molar-refractivity contribution in [3.05, 3.63) is 79.4 Å². The number of ketones is 1. The molecule has 2 aromatic carbocycles. The van der Waals surface area contributed by atoms with Gasteiger partial charge in [-0.05, 0) is 66.1 Å². The number of halogens is 1. The Morgan fingerprint density at radius 1 is 1.21 bits per heavy atom. The van der Waals surface area contributed by atoms with Gasteiger partial charge in [0.05, 0.1) is 16.1 Å². The van der Waals surface area contributed by atoms with Crippen LogP contribution in [0.3, 0.4) is 0 Å². The molecule has 1 aliphatic carbocycles. The molecule has 4 rings (SSSR count). The molecular formula is C26H25IN2O4. The fraction of sp³-hybridized carbons (Fsp3) is 0.308. The summed E-state index contributed by atoms with van der Waals surface area (Å²) in [7, 11) is 0. The van der Waals surface area contributed by atoms with E-state index in [1.165, 1.54) is 5.56 Å². The van der Waals surface area contributed by atoms with Gasteiger partial charge in [-0.2, -0.15) is 5.26 Å². The summed E-state index contributed by atoms with van der Waals surface area (Å²) in [6.45, 7) is 4.80. The molecule has 1 aliphatic heterocycles. The molecule has 6 nitrogen and oxygen atoms in total. The number of aryl methyl sites for hydroxylation is 1. The summed E-state index contributed by atoms with van der Waals surface area (Å²) in [5.74, 6) is 1.25. The Balaban J connectivity index is 1.75. The lowest BCUT2D eigenvalue weighted by Gasteiger charge is -2.31. The van der Waals surface area contributed by atoms with E-state index >= 15 is 0 Å². The van der Waals surface area contributed by atoms with Crippen LogP contribution < -0.4 is 15.2 Å². The molecular weight excluding hydrogens is 531 g/mol. The molecule has 0 amide bonds. The van der Waals surface area contributed by atoms with Gasteiger partial charge in [-0.3, -0.25) is 4.79 Å². The van der Waals surface area contributed by atoms with Crippen LogP contribution in [0.25, 0.3) is 0 Å². The van der Waals surface area contributed by atoms with Gasteiger partial charge in [0, 0.05) is 18.4 Å². The first-order chi connectivity index (χ1) is 15.9. The maximum absolute atomic E-state index is 12.9. The molecule has 0 fully saturated rings. The van der Waals surface area contributed by atoms with Crippen molar-refractivity contribution < 1.29 is 19.0 Å². The second-order valence-corrected chi connectivity index (χ2v) is 9.24. The Morgan fingerprint density at radius 3 is 2.67 bits per heavy atom. The molecule has 2 aromatic rings. The van der Waals surface area contributed by atoms with Gasteiger partial charge in [-0.15, -0.1) is 0 Å². The van der Waals surface area contributed by atoms with Crippen LogP contribution in [0.1, 0.15) is 48.8 Å². The van der Waals surface area contributed by atoms with Crippen LogP contribution >= 0.6 is 22.6 Å². The van der Waals surface area contributed by atoms with Crippen molar-refractivity contribution in [1.29, 1.82) is 5.26 Å². The first-order valence-electron chi connectivity index (χ1n) is 10.9. The molecule has 0 bridgehead atoms. The van der Waals surface area contributed by atoms with Crippen molar-refractivity contribution in [1.82, 2.24) is 0 Å². The van der Waals surface area contributed by atoms with Gasteiger partial charge in [0.1, 0.15) is 24.0 Å². The lowest BCUT2D eigenvalue weighted by molar-refractivity contribution is -0.116. The Labute approximate surface area is 207 Å². The highest BCUT2D eigenvalue weighted by atomic mass is 127. The fourth-order valence-corrected chi connectivity index (χ4v) is 4.97. The number of carbonyl (C=O) groups is 1. The van der Waals surface area contributed by atoms with E-state index in [0.29, 0.717) is 55.3 Å². The predicted molar refractivity (Wildman–Crippen MR) is 132 cm³/mol. The number of hydrogen-bond acceptors (Lipinski definition) is 6. The van der Waals surface area contributed by atoms with Gasteiger partial charge >= 0.3 is 0 Å². The van der Waals surface area contributed by atoms with Crippen molar-refractivity contribution in [2.24, 2.45) is 5.73 Å². The van der Waals surface area contributed by atoms with Crippen LogP contribution in [-0.2, 0) is 16.1 Å². The average molecular weight is 556 g/mol. The number of carbonyl (C=O) groups excluding carboxylic acids is 1. The zero-order chi connectivity index (χ0) is 23.5. The zero-order valence-corrected chi connectivity index (χ0v) is 20.8. The fourth-order valence-electron chi connectivity index (χ4n) is 4.19. The van der Waals surface area contributed by atoms with Crippen LogP contribution in [0.15, 0.2) is 59.2 Å². The highest BCUT2D eigenvalue weighted by Gasteiger charge is 2.38. The van der Waals surface area contributed by atoms with Crippen molar-refractivity contribution >= 4 is 28.4 Å². The van der Waals surface area contributed by atoms with Crippen LogP contribution in [0, 0.1) is 21.8 Å². The van der Waals surface area contributed by atoms with Gasteiger partial charge in [0.2, 0.25) is 5.88 Å². The number of ether oxygens (including phenoxy) is 3. The summed E-state index contributed by atoms with van der Waals surface area (Å²) in [6, 6.07) is 14.1. The molecule has 2 N–H and O–H groups in total. The Hall–Kier alpha value is -2.99. The average Bonchev–Trinajstić information content (AvgIpc) is 2.79. The molecule has 2 aliphatic rings. The minimum absolute atomic E-state index is 0.00540. The molecule has 0 unspecified atom stereocenters. The Kier molecular flexibility index (Phi) is 6.94. The van der Waals surface area contributed by atoms with Gasteiger partial charge < -0.3 is 19.9 Å². The largest absolute Gasteiger partial charge is 0.490 e. The van der Waals surface area contributed by atoms with Crippen molar-refractivity contribution in [3.63, 3.8) is 0 Å². The third kappa shape index (κ3) is 4.71. The number of hydrogen-bond donors (Lipinski definition) is 1. The normalized spacial score (nSPS) is 17.9. The summed E-state index contributed by atoms with van der Waals surface area (Å²) < 4.78 is 18.6. The number of rotatable bonds is 6. The Morgan fingerprint density at radius 2 is 1.97 bits per heavy atom. The second kappa shape index (κ2) is 9.87. The number of nitriles is 1. The topological polar surface area (TPSA) is 94.6 Å². The molecule has 0 radical (unpaired) electrons. The summed E-state index contributed by atoms with van der Waals surface area (Å²) in [4.78, 5) is 12.9. The number of nitrogens with zero attached hydrogens (tertiary/aromatic N) is 1. The van der Waals surface area contributed by atoms with E-state index in [-0.39, 0.29) is 17.2 Å². The van der Waals surface area contributed by atoms with Crippen molar-refractivity contribution in [2.45, 2.75) is 45.6 Å². The summed E-state index contributed by atoms with van der Waals surface area (Å²) in [6.07, 6.45) is 1.78. The van der Waals surface area contributed by atoms with Crippen molar-refractivity contribution in [3.8, 4) is 17.6 Å². The lowest BCUT2D eigenvalue weighted by Crippen LogP contribution is -2.27.